The first-order valence-electron chi connectivity index (χ1n) is 6.72. The Bertz CT molecular complexity index is 658. The zero-order valence-corrected chi connectivity index (χ0v) is 11.7. The number of carbonyl (C=O) groups is 2. The number of carboxylic acid groups (broad SMARTS) is 1. The third kappa shape index (κ3) is 4.37. The van der Waals surface area contributed by atoms with Gasteiger partial charge in [0.1, 0.15) is 18.3 Å². The molecule has 1 aromatic carbocycles. The Kier molecular flexibility index (Phi) is 5.18. The fourth-order valence-electron chi connectivity index (χ4n) is 1.89. The Morgan fingerprint density at radius 3 is 2.68 bits per heavy atom. The van der Waals surface area contributed by atoms with Crippen LogP contribution in [0.3, 0.4) is 0 Å². The molecule has 0 unspecified atom stereocenters. The number of carboxylic acids is 1. The highest BCUT2D eigenvalue weighted by atomic mass is 19.1. The van der Waals surface area contributed by atoms with Crippen LogP contribution in [0.15, 0.2) is 30.9 Å². The number of anilines is 1. The Hall–Kier alpha value is -2.77. The summed E-state index contributed by atoms with van der Waals surface area (Å²) in [7, 11) is 0. The summed E-state index contributed by atoms with van der Waals surface area (Å²) in [6.07, 6.45) is 3.81. The Morgan fingerprint density at radius 2 is 2.05 bits per heavy atom. The zero-order valence-electron chi connectivity index (χ0n) is 11.7. The molecule has 0 saturated carbocycles. The van der Waals surface area contributed by atoms with Gasteiger partial charge in [0.2, 0.25) is 5.91 Å². The minimum absolute atomic E-state index is 0.0362. The first kappa shape index (κ1) is 15.6. The van der Waals surface area contributed by atoms with Crippen LogP contribution in [0.1, 0.15) is 25.7 Å². The summed E-state index contributed by atoms with van der Waals surface area (Å²) < 4.78 is 15.2. The molecule has 0 atom stereocenters. The van der Waals surface area contributed by atoms with E-state index in [1.807, 2.05) is 0 Å². The maximum Gasteiger partial charge on any atom is 0.303 e. The van der Waals surface area contributed by atoms with Crippen molar-refractivity contribution in [2.45, 2.75) is 25.7 Å². The second-order valence-corrected chi connectivity index (χ2v) is 4.66. The third-order valence-corrected chi connectivity index (χ3v) is 2.94. The molecule has 0 bridgehead atoms. The van der Waals surface area contributed by atoms with Gasteiger partial charge in [0.25, 0.3) is 0 Å². The molecular formula is C14H15FN4O3. The molecule has 22 heavy (non-hydrogen) atoms. The molecule has 1 aromatic heterocycles. The normalized spacial score (nSPS) is 10.4. The number of hydrogen-bond donors (Lipinski definition) is 2. The summed E-state index contributed by atoms with van der Waals surface area (Å²) in [4.78, 5) is 25.8. The second-order valence-electron chi connectivity index (χ2n) is 4.66. The molecule has 1 heterocycles. The largest absolute Gasteiger partial charge is 0.481 e. The van der Waals surface area contributed by atoms with Crippen molar-refractivity contribution in [3.63, 3.8) is 0 Å². The van der Waals surface area contributed by atoms with E-state index in [1.165, 1.54) is 29.5 Å². The molecule has 7 nitrogen and oxygen atoms in total. The van der Waals surface area contributed by atoms with Gasteiger partial charge in [0, 0.05) is 18.5 Å². The van der Waals surface area contributed by atoms with Gasteiger partial charge >= 0.3 is 5.97 Å². The number of carbonyl (C=O) groups excluding carboxylic acids is 1. The van der Waals surface area contributed by atoms with Crippen LogP contribution in [-0.2, 0) is 9.59 Å². The maximum atomic E-state index is 14.0. The summed E-state index contributed by atoms with van der Waals surface area (Å²) in [5, 5.41) is 14.9. The van der Waals surface area contributed by atoms with Gasteiger partial charge in [0.05, 0.1) is 0 Å². The maximum absolute atomic E-state index is 14.0. The lowest BCUT2D eigenvalue weighted by atomic mass is 10.2. The quantitative estimate of drug-likeness (QED) is 0.762. The number of amides is 1. The Balaban J connectivity index is 1.89. The molecule has 2 aromatic rings. The van der Waals surface area contributed by atoms with Crippen LogP contribution in [0.25, 0.3) is 5.69 Å². The molecule has 0 saturated heterocycles. The zero-order chi connectivity index (χ0) is 15.9. The number of rotatable bonds is 7. The van der Waals surface area contributed by atoms with Gasteiger partial charge in [-0.1, -0.05) is 0 Å². The number of nitrogens with zero attached hydrogens (tertiary/aromatic N) is 3. The van der Waals surface area contributed by atoms with Gasteiger partial charge in [-0.3, -0.25) is 9.59 Å². The molecule has 0 aliphatic carbocycles. The van der Waals surface area contributed by atoms with E-state index in [9.17, 15) is 14.0 Å². The number of unbranched alkanes of at least 4 members (excludes halogenated alkanes) is 1. The van der Waals surface area contributed by atoms with E-state index in [0.29, 0.717) is 18.5 Å². The van der Waals surface area contributed by atoms with E-state index in [2.05, 4.69) is 15.4 Å². The van der Waals surface area contributed by atoms with Crippen molar-refractivity contribution in [3.8, 4) is 5.69 Å². The van der Waals surface area contributed by atoms with E-state index in [1.54, 1.807) is 6.07 Å². The molecule has 116 valence electrons. The van der Waals surface area contributed by atoms with Crippen LogP contribution < -0.4 is 5.32 Å². The molecule has 1 amide bonds. The highest BCUT2D eigenvalue weighted by Crippen LogP contribution is 2.17. The van der Waals surface area contributed by atoms with Gasteiger partial charge in [-0.05, 0) is 31.0 Å². The van der Waals surface area contributed by atoms with Gasteiger partial charge in [-0.25, -0.2) is 14.1 Å². The summed E-state index contributed by atoms with van der Waals surface area (Å²) in [5.41, 5.74) is 0.571. The number of halogens is 1. The number of hydrogen-bond acceptors (Lipinski definition) is 4. The smallest absolute Gasteiger partial charge is 0.303 e. The standard InChI is InChI=1S/C14H15FN4O3/c15-11-7-10(5-6-12(11)19-9-16-8-17-19)18-13(20)3-1-2-4-14(21)22/h5-9H,1-4H2,(H,18,20)(H,21,22). The average Bonchev–Trinajstić information content (AvgIpc) is 2.97. The third-order valence-electron chi connectivity index (χ3n) is 2.94. The summed E-state index contributed by atoms with van der Waals surface area (Å²) in [6, 6.07) is 4.26. The van der Waals surface area contributed by atoms with E-state index in [0.717, 1.165) is 0 Å². The van der Waals surface area contributed by atoms with Crippen LogP contribution in [-0.4, -0.2) is 31.7 Å². The number of benzene rings is 1. The Morgan fingerprint density at radius 1 is 1.27 bits per heavy atom. The van der Waals surface area contributed by atoms with Gasteiger partial charge in [-0.15, -0.1) is 0 Å². The molecule has 0 spiro atoms. The lowest BCUT2D eigenvalue weighted by Crippen LogP contribution is -2.12. The molecule has 2 N–H and O–H groups in total. The van der Waals surface area contributed by atoms with Crippen LogP contribution in [0.4, 0.5) is 10.1 Å². The molecular weight excluding hydrogens is 291 g/mol. The monoisotopic (exact) mass is 306 g/mol. The van der Waals surface area contributed by atoms with Crippen molar-refractivity contribution in [3.05, 3.63) is 36.7 Å². The van der Waals surface area contributed by atoms with Crippen molar-refractivity contribution >= 4 is 17.6 Å². The Labute approximate surface area is 125 Å². The van der Waals surface area contributed by atoms with Crippen LogP contribution in [0.2, 0.25) is 0 Å². The SMILES string of the molecule is O=C(O)CCCCC(=O)Nc1ccc(-n2cncn2)c(F)c1. The van der Waals surface area contributed by atoms with E-state index in [-0.39, 0.29) is 24.4 Å². The van der Waals surface area contributed by atoms with Gasteiger partial charge in [-0.2, -0.15) is 5.10 Å². The van der Waals surface area contributed by atoms with Crippen molar-refractivity contribution < 1.29 is 19.1 Å². The molecule has 0 radical (unpaired) electrons. The summed E-state index contributed by atoms with van der Waals surface area (Å²) >= 11 is 0. The van der Waals surface area contributed by atoms with E-state index in [4.69, 9.17) is 5.11 Å². The van der Waals surface area contributed by atoms with Crippen LogP contribution in [0, 0.1) is 5.82 Å². The first-order valence-corrected chi connectivity index (χ1v) is 6.72. The highest BCUT2D eigenvalue weighted by molar-refractivity contribution is 5.90. The predicted octanol–water partition coefficient (Wildman–Crippen LogP) is 1.99. The van der Waals surface area contributed by atoms with E-state index < -0.39 is 11.8 Å². The molecule has 8 heteroatoms. The van der Waals surface area contributed by atoms with Gasteiger partial charge in [0.15, 0.2) is 5.82 Å². The molecule has 2 rings (SSSR count). The van der Waals surface area contributed by atoms with Crippen LogP contribution >= 0.6 is 0 Å². The minimum atomic E-state index is -0.883. The summed E-state index contributed by atoms with van der Waals surface area (Å²) in [5.74, 6) is -1.70. The molecule has 0 fully saturated rings. The summed E-state index contributed by atoms with van der Waals surface area (Å²) in [6.45, 7) is 0. The fourth-order valence-corrected chi connectivity index (χ4v) is 1.89. The molecule has 0 aliphatic rings. The number of nitrogens with one attached hydrogen (secondary N) is 1. The second kappa shape index (κ2) is 7.30. The first-order chi connectivity index (χ1) is 10.6. The number of aliphatic carboxylic acids is 1. The number of aromatic nitrogens is 3. The molecule has 0 aliphatic heterocycles. The fraction of sp³-hybridized carbons (Fsp3) is 0.286. The minimum Gasteiger partial charge on any atom is -0.481 e. The van der Waals surface area contributed by atoms with Crippen molar-refractivity contribution in [1.29, 1.82) is 0 Å². The predicted molar refractivity (Wildman–Crippen MR) is 76.1 cm³/mol. The topological polar surface area (TPSA) is 97.1 Å². The van der Waals surface area contributed by atoms with Gasteiger partial charge < -0.3 is 10.4 Å². The lowest BCUT2D eigenvalue weighted by molar-refractivity contribution is -0.137. The van der Waals surface area contributed by atoms with Crippen molar-refractivity contribution in [2.24, 2.45) is 0 Å². The lowest BCUT2D eigenvalue weighted by Gasteiger charge is -2.07. The average molecular weight is 306 g/mol. The van der Waals surface area contributed by atoms with Crippen molar-refractivity contribution in [2.75, 3.05) is 5.32 Å². The highest BCUT2D eigenvalue weighted by Gasteiger charge is 2.08. The van der Waals surface area contributed by atoms with Crippen molar-refractivity contribution in [1.82, 2.24) is 14.8 Å². The van der Waals surface area contributed by atoms with Crippen LogP contribution in [0.5, 0.6) is 0 Å². The van der Waals surface area contributed by atoms with E-state index >= 15 is 0 Å².